The molecule has 1 rings (SSSR count). The number of nitrogens with two attached hydrogens (primary N) is 1. The van der Waals surface area contributed by atoms with Gasteiger partial charge >= 0.3 is 0 Å². The topological polar surface area (TPSA) is 55.5 Å². The molecule has 0 saturated carbocycles. The molecule has 1 aromatic rings. The lowest BCUT2D eigenvalue weighted by Crippen LogP contribution is -2.37. The molecule has 14 heavy (non-hydrogen) atoms. The highest BCUT2D eigenvalue weighted by Crippen LogP contribution is 2.30. The molecule has 3 nitrogen and oxygen atoms in total. The van der Waals surface area contributed by atoms with Crippen LogP contribution < -0.4 is 10.5 Å². The number of aryl methyl sites for hydroxylation is 1. The average molecular weight is 195 g/mol. The van der Waals surface area contributed by atoms with Gasteiger partial charge < -0.3 is 15.6 Å². The molecule has 3 N–H and O–H groups in total. The third-order valence-corrected chi connectivity index (χ3v) is 2.36. The van der Waals surface area contributed by atoms with Crippen molar-refractivity contribution in [1.29, 1.82) is 0 Å². The van der Waals surface area contributed by atoms with E-state index in [2.05, 4.69) is 0 Å². The largest absolute Gasteiger partial charge is 0.496 e. The SMILES string of the molecule is COc1c(C)cccc1[C@@](C)(N)CO. The molecule has 0 bridgehead atoms. The number of aliphatic hydroxyl groups excluding tert-OH is 1. The van der Waals surface area contributed by atoms with Gasteiger partial charge in [-0.2, -0.15) is 0 Å². The Morgan fingerprint density at radius 2 is 2.14 bits per heavy atom. The quantitative estimate of drug-likeness (QED) is 0.761. The van der Waals surface area contributed by atoms with Gasteiger partial charge in [0.05, 0.1) is 19.3 Å². The Hall–Kier alpha value is -1.06. The van der Waals surface area contributed by atoms with E-state index in [0.717, 1.165) is 16.9 Å². The second-order valence-electron chi connectivity index (χ2n) is 3.73. The van der Waals surface area contributed by atoms with E-state index >= 15 is 0 Å². The molecule has 0 unspecified atom stereocenters. The summed E-state index contributed by atoms with van der Waals surface area (Å²) in [7, 11) is 1.61. The van der Waals surface area contributed by atoms with E-state index in [1.807, 2.05) is 25.1 Å². The Labute approximate surface area is 84.5 Å². The number of benzene rings is 1. The normalized spacial score (nSPS) is 14.9. The lowest BCUT2D eigenvalue weighted by Gasteiger charge is -2.25. The van der Waals surface area contributed by atoms with E-state index in [-0.39, 0.29) is 6.61 Å². The zero-order chi connectivity index (χ0) is 10.8. The molecule has 0 spiro atoms. The molecule has 0 radical (unpaired) electrons. The molecule has 0 aliphatic carbocycles. The summed E-state index contributed by atoms with van der Waals surface area (Å²) in [6.07, 6.45) is 0. The van der Waals surface area contributed by atoms with Crippen LogP contribution in [-0.4, -0.2) is 18.8 Å². The van der Waals surface area contributed by atoms with Gasteiger partial charge in [-0.25, -0.2) is 0 Å². The highest BCUT2D eigenvalue weighted by Gasteiger charge is 2.24. The van der Waals surface area contributed by atoms with Crippen LogP contribution in [0.15, 0.2) is 18.2 Å². The molecule has 0 saturated heterocycles. The van der Waals surface area contributed by atoms with Crippen molar-refractivity contribution >= 4 is 0 Å². The fourth-order valence-corrected chi connectivity index (χ4v) is 1.46. The average Bonchev–Trinajstić information content (AvgIpc) is 2.17. The van der Waals surface area contributed by atoms with Crippen LogP contribution in [0.5, 0.6) is 5.75 Å². The third-order valence-electron chi connectivity index (χ3n) is 2.36. The summed E-state index contributed by atoms with van der Waals surface area (Å²) in [6, 6.07) is 5.74. The number of aliphatic hydroxyl groups is 1. The molecule has 0 aliphatic heterocycles. The van der Waals surface area contributed by atoms with Crippen LogP contribution in [0.3, 0.4) is 0 Å². The molecule has 78 valence electrons. The van der Waals surface area contributed by atoms with E-state index in [4.69, 9.17) is 10.5 Å². The van der Waals surface area contributed by atoms with Gasteiger partial charge in [0, 0.05) is 5.56 Å². The molecule has 1 atom stereocenters. The van der Waals surface area contributed by atoms with Gasteiger partial charge in [-0.15, -0.1) is 0 Å². The Balaban J connectivity index is 3.27. The van der Waals surface area contributed by atoms with Crippen LogP contribution in [0.25, 0.3) is 0 Å². The minimum Gasteiger partial charge on any atom is -0.496 e. The second kappa shape index (κ2) is 3.98. The third kappa shape index (κ3) is 1.89. The molecule has 3 heteroatoms. The maximum Gasteiger partial charge on any atom is 0.126 e. The molecule has 0 aromatic heterocycles. The molecule has 1 aromatic carbocycles. The fraction of sp³-hybridized carbons (Fsp3) is 0.455. The van der Waals surface area contributed by atoms with Crippen LogP contribution >= 0.6 is 0 Å². The first-order valence-electron chi connectivity index (χ1n) is 4.56. The van der Waals surface area contributed by atoms with Crippen LogP contribution in [0, 0.1) is 6.92 Å². The van der Waals surface area contributed by atoms with Crippen molar-refractivity contribution < 1.29 is 9.84 Å². The first-order valence-corrected chi connectivity index (χ1v) is 4.56. The van der Waals surface area contributed by atoms with Crippen molar-refractivity contribution in [2.24, 2.45) is 5.73 Å². The van der Waals surface area contributed by atoms with Gasteiger partial charge in [0.1, 0.15) is 5.75 Å². The van der Waals surface area contributed by atoms with Crippen LogP contribution in [0.1, 0.15) is 18.1 Å². The number of rotatable bonds is 3. The van der Waals surface area contributed by atoms with Crippen LogP contribution in [-0.2, 0) is 5.54 Å². The Morgan fingerprint density at radius 3 is 2.64 bits per heavy atom. The zero-order valence-electron chi connectivity index (χ0n) is 8.87. The predicted octanol–water partition coefficient (Wildman–Crippen LogP) is 1.17. The van der Waals surface area contributed by atoms with Crippen molar-refractivity contribution in [1.82, 2.24) is 0 Å². The number of para-hydroxylation sites is 1. The summed E-state index contributed by atoms with van der Waals surface area (Å²) in [6.45, 7) is 3.63. The Kier molecular flexibility index (Phi) is 3.13. The number of methoxy groups -OCH3 is 1. The van der Waals surface area contributed by atoms with Gasteiger partial charge in [0.25, 0.3) is 0 Å². The second-order valence-corrected chi connectivity index (χ2v) is 3.73. The van der Waals surface area contributed by atoms with E-state index < -0.39 is 5.54 Å². The van der Waals surface area contributed by atoms with Crippen molar-refractivity contribution in [3.8, 4) is 5.75 Å². The van der Waals surface area contributed by atoms with Crippen molar-refractivity contribution in [3.63, 3.8) is 0 Å². The van der Waals surface area contributed by atoms with Crippen LogP contribution in [0.4, 0.5) is 0 Å². The van der Waals surface area contributed by atoms with Crippen molar-refractivity contribution in [2.45, 2.75) is 19.4 Å². The van der Waals surface area contributed by atoms with E-state index in [0.29, 0.717) is 0 Å². The highest BCUT2D eigenvalue weighted by molar-refractivity contribution is 5.44. The summed E-state index contributed by atoms with van der Waals surface area (Å²) in [5.74, 6) is 0.756. The summed E-state index contributed by atoms with van der Waals surface area (Å²) < 4.78 is 5.27. The Morgan fingerprint density at radius 1 is 1.50 bits per heavy atom. The minimum absolute atomic E-state index is 0.104. The van der Waals surface area contributed by atoms with Gasteiger partial charge in [0.2, 0.25) is 0 Å². The minimum atomic E-state index is -0.753. The predicted molar refractivity (Wildman–Crippen MR) is 56.4 cm³/mol. The maximum atomic E-state index is 9.18. The molecular weight excluding hydrogens is 178 g/mol. The standard InChI is InChI=1S/C11H17NO2/c1-8-5-4-6-9(10(8)14-3)11(2,12)7-13/h4-6,13H,7,12H2,1-3H3/t11-/m0/s1. The summed E-state index contributed by atoms with van der Waals surface area (Å²) >= 11 is 0. The van der Waals surface area contributed by atoms with E-state index in [1.165, 1.54) is 0 Å². The van der Waals surface area contributed by atoms with Gasteiger partial charge in [-0.3, -0.25) is 0 Å². The molecule has 0 heterocycles. The van der Waals surface area contributed by atoms with Crippen LogP contribution in [0.2, 0.25) is 0 Å². The number of hydrogen-bond donors (Lipinski definition) is 2. The Bertz CT molecular complexity index is 321. The van der Waals surface area contributed by atoms with Gasteiger partial charge in [-0.05, 0) is 19.4 Å². The first-order chi connectivity index (χ1) is 6.53. The highest BCUT2D eigenvalue weighted by atomic mass is 16.5. The summed E-state index contributed by atoms with van der Waals surface area (Å²) in [5, 5.41) is 9.18. The lowest BCUT2D eigenvalue weighted by atomic mass is 9.92. The van der Waals surface area contributed by atoms with Gasteiger partial charge in [-0.1, -0.05) is 18.2 Å². The first kappa shape index (κ1) is 11.0. The lowest BCUT2D eigenvalue weighted by molar-refractivity contribution is 0.206. The number of hydrogen-bond acceptors (Lipinski definition) is 3. The smallest absolute Gasteiger partial charge is 0.126 e. The number of ether oxygens (including phenoxy) is 1. The maximum absolute atomic E-state index is 9.18. The van der Waals surface area contributed by atoms with Crippen molar-refractivity contribution in [2.75, 3.05) is 13.7 Å². The van der Waals surface area contributed by atoms with E-state index in [1.54, 1.807) is 14.0 Å². The molecule has 0 amide bonds. The summed E-state index contributed by atoms with van der Waals surface area (Å²) in [5.41, 5.74) is 7.06. The summed E-state index contributed by atoms with van der Waals surface area (Å²) in [4.78, 5) is 0. The molecular formula is C11H17NO2. The fourth-order valence-electron chi connectivity index (χ4n) is 1.46. The van der Waals surface area contributed by atoms with Gasteiger partial charge in [0.15, 0.2) is 0 Å². The van der Waals surface area contributed by atoms with E-state index in [9.17, 15) is 5.11 Å². The van der Waals surface area contributed by atoms with Crippen molar-refractivity contribution in [3.05, 3.63) is 29.3 Å². The molecule has 0 fully saturated rings. The molecule has 0 aliphatic rings. The zero-order valence-corrected chi connectivity index (χ0v) is 8.87. The monoisotopic (exact) mass is 195 g/mol.